The standard InChI is InChI=1S/C21H25NO4/c1-4-25-20-8-6-5-7-19(20)22-21(24)16(3)26-18-13-11-17(12-14-18)10-9-15(2)23/h5-8,11-14,16H,4,9-10H2,1-3H3,(H,22,24). The Morgan fingerprint density at radius 1 is 1.08 bits per heavy atom. The Kier molecular flexibility index (Phi) is 7.21. The second-order valence-electron chi connectivity index (χ2n) is 6.02. The van der Waals surface area contributed by atoms with Crippen LogP contribution in [0.1, 0.15) is 32.8 Å². The van der Waals surface area contributed by atoms with Gasteiger partial charge in [-0.3, -0.25) is 4.79 Å². The summed E-state index contributed by atoms with van der Waals surface area (Å²) in [5.41, 5.74) is 1.68. The van der Waals surface area contributed by atoms with Crippen molar-refractivity contribution in [2.24, 2.45) is 0 Å². The van der Waals surface area contributed by atoms with Crippen molar-refractivity contribution in [3.8, 4) is 11.5 Å². The van der Waals surface area contributed by atoms with Crippen molar-refractivity contribution < 1.29 is 19.1 Å². The lowest BCUT2D eigenvalue weighted by molar-refractivity contribution is -0.122. The molecule has 1 N–H and O–H groups in total. The topological polar surface area (TPSA) is 64.6 Å². The zero-order valence-electron chi connectivity index (χ0n) is 15.5. The average molecular weight is 355 g/mol. The molecule has 0 saturated carbocycles. The van der Waals surface area contributed by atoms with Crippen molar-refractivity contribution in [3.63, 3.8) is 0 Å². The van der Waals surface area contributed by atoms with Gasteiger partial charge in [-0.1, -0.05) is 24.3 Å². The molecule has 0 aromatic heterocycles. The Morgan fingerprint density at radius 2 is 1.77 bits per heavy atom. The summed E-state index contributed by atoms with van der Waals surface area (Å²) >= 11 is 0. The van der Waals surface area contributed by atoms with E-state index in [1.807, 2.05) is 49.4 Å². The van der Waals surface area contributed by atoms with Gasteiger partial charge in [0.2, 0.25) is 0 Å². The normalized spacial score (nSPS) is 11.5. The number of para-hydroxylation sites is 2. The van der Waals surface area contributed by atoms with E-state index >= 15 is 0 Å². The van der Waals surface area contributed by atoms with Crippen molar-refractivity contribution >= 4 is 17.4 Å². The predicted molar refractivity (Wildman–Crippen MR) is 102 cm³/mol. The van der Waals surface area contributed by atoms with Crippen LogP contribution in [-0.4, -0.2) is 24.4 Å². The van der Waals surface area contributed by atoms with Crippen LogP contribution in [0.25, 0.3) is 0 Å². The Bertz CT molecular complexity index is 740. The number of aryl methyl sites for hydroxylation is 1. The molecular weight excluding hydrogens is 330 g/mol. The summed E-state index contributed by atoms with van der Waals surface area (Å²) in [6.45, 7) is 5.70. The van der Waals surface area contributed by atoms with Gasteiger partial charge in [0.15, 0.2) is 6.10 Å². The van der Waals surface area contributed by atoms with Crippen LogP contribution in [0.15, 0.2) is 48.5 Å². The maximum atomic E-state index is 12.4. The molecule has 0 fully saturated rings. The summed E-state index contributed by atoms with van der Waals surface area (Å²) in [6, 6.07) is 14.7. The van der Waals surface area contributed by atoms with Crippen molar-refractivity contribution in [1.82, 2.24) is 0 Å². The van der Waals surface area contributed by atoms with Gasteiger partial charge in [-0.25, -0.2) is 0 Å². The highest BCUT2D eigenvalue weighted by atomic mass is 16.5. The van der Waals surface area contributed by atoms with Crippen LogP contribution in [0.3, 0.4) is 0 Å². The molecule has 0 spiro atoms. The fourth-order valence-corrected chi connectivity index (χ4v) is 2.40. The van der Waals surface area contributed by atoms with E-state index in [1.165, 1.54) is 0 Å². The molecule has 2 aromatic rings. The van der Waals surface area contributed by atoms with Gasteiger partial charge in [-0.05, 0) is 57.0 Å². The van der Waals surface area contributed by atoms with Crippen molar-refractivity contribution in [3.05, 3.63) is 54.1 Å². The first-order chi connectivity index (χ1) is 12.5. The minimum absolute atomic E-state index is 0.169. The summed E-state index contributed by atoms with van der Waals surface area (Å²) in [7, 11) is 0. The summed E-state index contributed by atoms with van der Waals surface area (Å²) in [5, 5.41) is 2.83. The van der Waals surface area contributed by atoms with Gasteiger partial charge in [0.1, 0.15) is 17.3 Å². The molecule has 0 aliphatic rings. The molecule has 1 atom stereocenters. The maximum Gasteiger partial charge on any atom is 0.265 e. The molecule has 0 aliphatic carbocycles. The van der Waals surface area contributed by atoms with E-state index < -0.39 is 6.10 Å². The lowest BCUT2D eigenvalue weighted by atomic mass is 10.1. The van der Waals surface area contributed by atoms with Crippen LogP contribution < -0.4 is 14.8 Å². The fraction of sp³-hybridized carbons (Fsp3) is 0.333. The largest absolute Gasteiger partial charge is 0.492 e. The first-order valence-electron chi connectivity index (χ1n) is 8.77. The highest BCUT2D eigenvalue weighted by Crippen LogP contribution is 2.24. The van der Waals surface area contributed by atoms with Crippen LogP contribution in [-0.2, 0) is 16.0 Å². The highest BCUT2D eigenvalue weighted by molar-refractivity contribution is 5.95. The van der Waals surface area contributed by atoms with E-state index in [4.69, 9.17) is 9.47 Å². The third kappa shape index (κ3) is 5.92. The smallest absolute Gasteiger partial charge is 0.265 e. The molecule has 2 aromatic carbocycles. The van der Waals surface area contributed by atoms with Gasteiger partial charge < -0.3 is 19.6 Å². The third-order valence-corrected chi connectivity index (χ3v) is 3.82. The van der Waals surface area contributed by atoms with E-state index in [1.54, 1.807) is 19.9 Å². The van der Waals surface area contributed by atoms with Gasteiger partial charge in [0.25, 0.3) is 5.91 Å². The number of carbonyl (C=O) groups is 2. The first-order valence-corrected chi connectivity index (χ1v) is 8.77. The zero-order chi connectivity index (χ0) is 18.9. The molecule has 5 nitrogen and oxygen atoms in total. The fourth-order valence-electron chi connectivity index (χ4n) is 2.40. The number of ketones is 1. The number of carbonyl (C=O) groups excluding carboxylic acids is 2. The highest BCUT2D eigenvalue weighted by Gasteiger charge is 2.16. The number of Topliss-reactive ketones (excluding diaryl/α,β-unsaturated/α-hetero) is 1. The second-order valence-corrected chi connectivity index (χ2v) is 6.02. The zero-order valence-corrected chi connectivity index (χ0v) is 15.5. The van der Waals surface area contributed by atoms with Crippen LogP contribution in [0, 0.1) is 0 Å². The van der Waals surface area contributed by atoms with Crippen LogP contribution in [0.4, 0.5) is 5.69 Å². The number of anilines is 1. The van der Waals surface area contributed by atoms with E-state index in [0.29, 0.717) is 36.6 Å². The molecule has 0 aliphatic heterocycles. The Hall–Kier alpha value is -2.82. The summed E-state index contributed by atoms with van der Waals surface area (Å²) < 4.78 is 11.2. The number of amides is 1. The molecule has 0 saturated heterocycles. The van der Waals surface area contributed by atoms with Crippen molar-refractivity contribution in [2.45, 2.75) is 39.7 Å². The third-order valence-electron chi connectivity index (χ3n) is 3.82. The molecule has 26 heavy (non-hydrogen) atoms. The number of hydrogen-bond acceptors (Lipinski definition) is 4. The lowest BCUT2D eigenvalue weighted by Gasteiger charge is -2.16. The lowest BCUT2D eigenvalue weighted by Crippen LogP contribution is -2.30. The Balaban J connectivity index is 1.93. The van der Waals surface area contributed by atoms with Gasteiger partial charge in [-0.2, -0.15) is 0 Å². The minimum atomic E-state index is -0.659. The molecule has 0 radical (unpaired) electrons. The number of benzene rings is 2. The molecule has 2 rings (SSSR count). The molecule has 1 unspecified atom stereocenters. The molecule has 5 heteroatoms. The van der Waals surface area contributed by atoms with Gasteiger partial charge in [0, 0.05) is 6.42 Å². The average Bonchev–Trinajstić information content (AvgIpc) is 2.63. The molecule has 0 bridgehead atoms. The minimum Gasteiger partial charge on any atom is -0.492 e. The van der Waals surface area contributed by atoms with Crippen molar-refractivity contribution in [2.75, 3.05) is 11.9 Å². The quantitative estimate of drug-likeness (QED) is 0.738. The second kappa shape index (κ2) is 9.61. The summed E-state index contributed by atoms with van der Waals surface area (Å²) in [4.78, 5) is 23.4. The molecular formula is C21H25NO4. The van der Waals surface area contributed by atoms with E-state index in [0.717, 1.165) is 5.56 Å². The van der Waals surface area contributed by atoms with Crippen LogP contribution in [0.2, 0.25) is 0 Å². The first kappa shape index (κ1) is 19.5. The number of nitrogens with one attached hydrogen (secondary N) is 1. The van der Waals surface area contributed by atoms with Crippen LogP contribution in [0.5, 0.6) is 11.5 Å². The van der Waals surface area contributed by atoms with E-state index in [2.05, 4.69) is 5.32 Å². The summed E-state index contributed by atoms with van der Waals surface area (Å²) in [6.07, 6.45) is 0.575. The molecule has 0 heterocycles. The van der Waals surface area contributed by atoms with E-state index in [9.17, 15) is 9.59 Å². The number of hydrogen-bond donors (Lipinski definition) is 1. The number of ether oxygens (including phenoxy) is 2. The van der Waals surface area contributed by atoms with Gasteiger partial charge in [-0.15, -0.1) is 0 Å². The Labute approximate surface area is 154 Å². The number of rotatable bonds is 9. The SMILES string of the molecule is CCOc1ccccc1NC(=O)C(C)Oc1ccc(CCC(C)=O)cc1. The van der Waals surface area contributed by atoms with E-state index in [-0.39, 0.29) is 11.7 Å². The monoisotopic (exact) mass is 355 g/mol. The molecule has 1 amide bonds. The maximum absolute atomic E-state index is 12.4. The molecule has 138 valence electrons. The van der Waals surface area contributed by atoms with Crippen molar-refractivity contribution in [1.29, 1.82) is 0 Å². The van der Waals surface area contributed by atoms with Crippen LogP contribution >= 0.6 is 0 Å². The summed E-state index contributed by atoms with van der Waals surface area (Å²) in [5.74, 6) is 1.16. The predicted octanol–water partition coefficient (Wildman–Crippen LogP) is 4.01. The Morgan fingerprint density at radius 3 is 2.42 bits per heavy atom. The van der Waals surface area contributed by atoms with Gasteiger partial charge in [0.05, 0.1) is 12.3 Å². The van der Waals surface area contributed by atoms with Gasteiger partial charge >= 0.3 is 0 Å².